The Morgan fingerprint density at radius 2 is 1.88 bits per heavy atom. The highest BCUT2D eigenvalue weighted by molar-refractivity contribution is 7.82. The fraction of sp³-hybridized carbons (Fsp3) is 0.529. The van der Waals surface area contributed by atoms with Gasteiger partial charge in [-0.05, 0) is 44.2 Å². The van der Waals surface area contributed by atoms with Crippen LogP contribution in [0.1, 0.15) is 31.2 Å². The molecule has 0 radical (unpaired) electrons. The summed E-state index contributed by atoms with van der Waals surface area (Å²) in [7, 11) is 3.57. The van der Waals surface area contributed by atoms with Crippen molar-refractivity contribution in [3.63, 3.8) is 0 Å². The number of hydrogen-bond donors (Lipinski definition) is 2. The number of carbonyl (C=O) groups is 2. The molecule has 7 heteroatoms. The number of nitrogens with zero attached hydrogens (tertiary/aromatic N) is 2. The minimum atomic E-state index is -0.354. The zero-order valence-electron chi connectivity index (χ0n) is 14.3. The Hall–Kier alpha value is -2.02. The summed E-state index contributed by atoms with van der Waals surface area (Å²) in [5, 5.41) is 5.79. The molecule has 0 aliphatic heterocycles. The molecule has 0 unspecified atom stereocenters. The van der Waals surface area contributed by atoms with Gasteiger partial charge in [-0.3, -0.25) is 9.59 Å². The second-order valence-electron chi connectivity index (χ2n) is 6.43. The van der Waals surface area contributed by atoms with Crippen LogP contribution in [0.5, 0.6) is 0 Å². The lowest BCUT2D eigenvalue weighted by molar-refractivity contribution is -0.134. The van der Waals surface area contributed by atoms with Gasteiger partial charge in [-0.1, -0.05) is 18.3 Å². The van der Waals surface area contributed by atoms with Gasteiger partial charge in [-0.2, -0.15) is 0 Å². The number of aryl methyl sites for hydroxylation is 1. The summed E-state index contributed by atoms with van der Waals surface area (Å²) in [6.45, 7) is 1.93. The van der Waals surface area contributed by atoms with Crippen molar-refractivity contribution in [2.45, 2.75) is 38.6 Å². The van der Waals surface area contributed by atoms with Crippen molar-refractivity contribution in [2.24, 2.45) is 5.92 Å². The van der Waals surface area contributed by atoms with Crippen molar-refractivity contribution in [3.8, 4) is 0 Å². The molecule has 1 aromatic heterocycles. The zero-order chi connectivity index (χ0) is 17.7. The monoisotopic (exact) mass is 348 g/mol. The van der Waals surface area contributed by atoms with Crippen LogP contribution in [-0.4, -0.2) is 46.8 Å². The van der Waals surface area contributed by atoms with E-state index in [1.165, 1.54) is 0 Å². The smallest absolute Gasteiger partial charge is 0.284 e. The Balaban J connectivity index is 1.79. The number of thiocarbonyl (C=S) groups is 1. The summed E-state index contributed by atoms with van der Waals surface area (Å²) in [5.74, 6) is 0.388. The fourth-order valence-electron chi connectivity index (χ4n) is 2.82. The number of rotatable bonds is 3. The summed E-state index contributed by atoms with van der Waals surface area (Å²) in [6, 6.07) is 3.76. The van der Waals surface area contributed by atoms with E-state index in [9.17, 15) is 9.59 Å². The highest BCUT2D eigenvalue weighted by atomic mass is 32.1. The van der Waals surface area contributed by atoms with Crippen LogP contribution in [0.2, 0.25) is 0 Å². The van der Waals surface area contributed by atoms with Gasteiger partial charge in [0, 0.05) is 32.3 Å². The molecular weight excluding hydrogens is 324 g/mol. The molecule has 1 heterocycles. The van der Waals surface area contributed by atoms with Crippen molar-refractivity contribution in [2.75, 3.05) is 19.4 Å². The molecule has 6 nitrogen and oxygen atoms in total. The van der Waals surface area contributed by atoms with Crippen molar-refractivity contribution in [1.82, 2.24) is 15.2 Å². The maximum atomic E-state index is 12.1. The molecule has 1 saturated carbocycles. The first-order valence-corrected chi connectivity index (χ1v) is 8.53. The summed E-state index contributed by atoms with van der Waals surface area (Å²) in [5.41, 5.74) is 1.03. The molecular formula is C17H24N4O2S. The largest absolute Gasteiger partial charge is 0.369 e. The third kappa shape index (κ3) is 4.99. The van der Waals surface area contributed by atoms with Crippen molar-refractivity contribution in [1.29, 1.82) is 0 Å². The number of carbonyl (C=O) groups excluding carboxylic acids is 2. The average Bonchev–Trinajstić information content (AvgIpc) is 2.56. The second kappa shape index (κ2) is 8.19. The lowest BCUT2D eigenvalue weighted by atomic mass is 9.85. The van der Waals surface area contributed by atoms with Gasteiger partial charge in [-0.15, -0.1) is 0 Å². The first-order valence-electron chi connectivity index (χ1n) is 8.12. The predicted molar refractivity (Wildman–Crippen MR) is 97.8 cm³/mol. The van der Waals surface area contributed by atoms with Gasteiger partial charge in [-0.25, -0.2) is 4.98 Å². The van der Waals surface area contributed by atoms with E-state index >= 15 is 0 Å². The third-order valence-corrected chi connectivity index (χ3v) is 4.51. The van der Waals surface area contributed by atoms with Crippen molar-refractivity contribution >= 4 is 34.8 Å². The molecule has 2 amide bonds. The number of pyridine rings is 1. The summed E-state index contributed by atoms with van der Waals surface area (Å²) in [4.78, 5) is 30.0. The van der Waals surface area contributed by atoms with Gasteiger partial charge in [0.15, 0.2) is 4.99 Å². The van der Waals surface area contributed by atoms with Crippen LogP contribution in [0.25, 0.3) is 0 Å². The van der Waals surface area contributed by atoms with Crippen LogP contribution in [-0.2, 0) is 9.59 Å². The predicted octanol–water partition coefficient (Wildman–Crippen LogP) is 1.89. The molecule has 1 aromatic rings. The molecule has 0 atom stereocenters. The molecule has 2 rings (SSSR count). The standard InChI is InChI=1S/C17H24N4O2S/c1-11-4-9-14(18-10-11)20-15(22)16(24)19-13-7-5-12(6-8-13)17(23)21(2)3/h4,9-10,12-13H,5-8H2,1-3H3,(H,19,24)(H,18,20,22). The molecule has 0 spiro atoms. The van der Waals surface area contributed by atoms with Gasteiger partial charge < -0.3 is 15.5 Å². The number of nitrogens with one attached hydrogen (secondary N) is 2. The van der Waals surface area contributed by atoms with Crippen LogP contribution >= 0.6 is 12.2 Å². The topological polar surface area (TPSA) is 74.3 Å². The third-order valence-electron chi connectivity index (χ3n) is 4.21. The van der Waals surface area contributed by atoms with E-state index in [1.54, 1.807) is 31.3 Å². The van der Waals surface area contributed by atoms with E-state index in [1.807, 2.05) is 13.0 Å². The lowest BCUT2D eigenvalue weighted by Gasteiger charge is -2.30. The summed E-state index contributed by atoms with van der Waals surface area (Å²) in [6.07, 6.45) is 4.99. The molecule has 1 aliphatic carbocycles. The van der Waals surface area contributed by atoms with Gasteiger partial charge in [0.2, 0.25) is 5.91 Å². The van der Waals surface area contributed by atoms with E-state index < -0.39 is 0 Å². The summed E-state index contributed by atoms with van der Waals surface area (Å²) >= 11 is 5.18. The van der Waals surface area contributed by atoms with Gasteiger partial charge in [0.25, 0.3) is 5.91 Å². The fourth-order valence-corrected chi connectivity index (χ4v) is 3.03. The van der Waals surface area contributed by atoms with Crippen LogP contribution in [0, 0.1) is 12.8 Å². The van der Waals surface area contributed by atoms with Gasteiger partial charge in [0.05, 0.1) is 0 Å². The molecule has 0 aromatic carbocycles. The molecule has 0 saturated heterocycles. The average molecular weight is 348 g/mol. The van der Waals surface area contributed by atoms with E-state index in [2.05, 4.69) is 15.6 Å². The van der Waals surface area contributed by atoms with Crippen LogP contribution in [0.15, 0.2) is 18.3 Å². The normalized spacial score (nSPS) is 20.1. The minimum Gasteiger partial charge on any atom is -0.369 e. The SMILES string of the molecule is Cc1ccc(NC(=O)C(=S)NC2CCC(C(=O)N(C)C)CC2)nc1. The first kappa shape index (κ1) is 18.3. The molecule has 24 heavy (non-hydrogen) atoms. The molecule has 1 aliphatic rings. The maximum absolute atomic E-state index is 12.1. The van der Waals surface area contributed by atoms with Gasteiger partial charge >= 0.3 is 0 Å². The quantitative estimate of drug-likeness (QED) is 0.816. The number of anilines is 1. The Kier molecular flexibility index (Phi) is 6.25. The maximum Gasteiger partial charge on any atom is 0.284 e. The second-order valence-corrected chi connectivity index (χ2v) is 6.84. The Morgan fingerprint density at radius 3 is 2.42 bits per heavy atom. The summed E-state index contributed by atoms with van der Waals surface area (Å²) < 4.78 is 0. The van der Waals surface area contributed by atoms with Gasteiger partial charge in [0.1, 0.15) is 5.82 Å². The number of hydrogen-bond acceptors (Lipinski definition) is 4. The number of aromatic nitrogens is 1. The lowest BCUT2D eigenvalue weighted by Crippen LogP contribution is -2.43. The Labute approximate surface area is 148 Å². The molecule has 130 valence electrons. The van der Waals surface area contributed by atoms with E-state index in [0.717, 1.165) is 31.2 Å². The zero-order valence-corrected chi connectivity index (χ0v) is 15.2. The van der Waals surface area contributed by atoms with Crippen LogP contribution in [0.3, 0.4) is 0 Å². The molecule has 0 bridgehead atoms. The van der Waals surface area contributed by atoms with E-state index in [-0.39, 0.29) is 28.8 Å². The Bertz CT molecular complexity index is 608. The first-order chi connectivity index (χ1) is 11.4. The van der Waals surface area contributed by atoms with Crippen LogP contribution in [0.4, 0.5) is 5.82 Å². The van der Waals surface area contributed by atoms with E-state index in [0.29, 0.717) is 5.82 Å². The van der Waals surface area contributed by atoms with Crippen LogP contribution < -0.4 is 10.6 Å². The highest BCUT2D eigenvalue weighted by Crippen LogP contribution is 2.25. The van der Waals surface area contributed by atoms with Crippen molar-refractivity contribution in [3.05, 3.63) is 23.9 Å². The molecule has 1 fully saturated rings. The minimum absolute atomic E-state index is 0.0807. The number of amides is 2. The van der Waals surface area contributed by atoms with Crippen molar-refractivity contribution < 1.29 is 9.59 Å². The molecule has 2 N–H and O–H groups in total. The van der Waals surface area contributed by atoms with E-state index in [4.69, 9.17) is 12.2 Å². The highest BCUT2D eigenvalue weighted by Gasteiger charge is 2.28. The Morgan fingerprint density at radius 1 is 1.21 bits per heavy atom.